The molecule has 2 saturated heterocycles. The highest BCUT2D eigenvalue weighted by Crippen LogP contribution is 2.42. The summed E-state index contributed by atoms with van der Waals surface area (Å²) in [5, 5.41) is 17.6. The third kappa shape index (κ3) is 10.1. The number of piperidine rings is 1. The van der Waals surface area contributed by atoms with Gasteiger partial charge in [-0.1, -0.05) is 6.07 Å². The minimum absolute atomic E-state index is 0.191. The van der Waals surface area contributed by atoms with E-state index in [1.54, 1.807) is 0 Å². The Bertz CT molecular complexity index is 908. The Kier molecular flexibility index (Phi) is 10.9. The summed E-state index contributed by atoms with van der Waals surface area (Å²) in [6, 6.07) is 6.30. The molecular weight excluding hydrogens is 528 g/mol. The molecule has 1 aromatic rings. The lowest BCUT2D eigenvalue weighted by Gasteiger charge is -2.49. The van der Waals surface area contributed by atoms with Crippen molar-refractivity contribution in [2.24, 2.45) is 11.3 Å². The van der Waals surface area contributed by atoms with E-state index >= 15 is 0 Å². The van der Waals surface area contributed by atoms with Gasteiger partial charge in [0, 0.05) is 25.3 Å². The third-order valence-corrected chi connectivity index (χ3v) is 6.48. The van der Waals surface area contributed by atoms with Crippen LogP contribution in [0.15, 0.2) is 24.4 Å². The SMILES string of the molecule is O=C(NC1COCCC12CCN(Cc1ccccn1)CC2)C1CC1.O=C(O)C(F)(F)F.O=C(O)C(F)(F)F. The maximum Gasteiger partial charge on any atom is 0.490 e. The normalized spacial score (nSPS) is 21.3. The van der Waals surface area contributed by atoms with Gasteiger partial charge in [0.2, 0.25) is 5.91 Å². The number of carbonyl (C=O) groups excluding carboxylic acids is 1. The Labute approximate surface area is 214 Å². The number of halogens is 6. The first kappa shape index (κ1) is 31.3. The van der Waals surface area contributed by atoms with E-state index in [9.17, 15) is 31.1 Å². The van der Waals surface area contributed by atoms with Crippen LogP contribution < -0.4 is 5.32 Å². The smallest absolute Gasteiger partial charge is 0.475 e. The standard InChI is InChI=1S/C19H27N3O2.2C2HF3O2/c23-18(15-4-5-15)21-17-14-24-12-8-19(17)6-10-22(11-7-19)13-16-3-1-2-9-20-16;2*3-2(4,5)1(6)7/h1-3,9,15,17H,4-8,10-14H2,(H,21,23);2*(H,6,7). The molecule has 1 unspecified atom stereocenters. The Balaban J connectivity index is 0.000000301. The molecule has 3 N–H and O–H groups in total. The highest BCUT2D eigenvalue weighted by molar-refractivity contribution is 5.81. The van der Waals surface area contributed by atoms with Crippen molar-refractivity contribution in [1.82, 2.24) is 15.2 Å². The molecule has 0 radical (unpaired) electrons. The van der Waals surface area contributed by atoms with E-state index in [-0.39, 0.29) is 23.3 Å². The van der Waals surface area contributed by atoms with Crippen LogP contribution in [0.25, 0.3) is 0 Å². The zero-order chi connectivity index (χ0) is 28.6. The first-order chi connectivity index (χ1) is 17.6. The molecule has 15 heteroatoms. The average molecular weight is 557 g/mol. The Morgan fingerprint density at radius 2 is 1.55 bits per heavy atom. The van der Waals surface area contributed by atoms with Crippen LogP contribution in [0.1, 0.15) is 37.8 Å². The number of carboxylic acid groups (broad SMARTS) is 2. The van der Waals surface area contributed by atoms with Crippen molar-refractivity contribution in [3.63, 3.8) is 0 Å². The Morgan fingerprint density at radius 1 is 1.00 bits per heavy atom. The van der Waals surface area contributed by atoms with E-state index in [4.69, 9.17) is 24.5 Å². The van der Waals surface area contributed by atoms with Gasteiger partial charge < -0.3 is 20.3 Å². The van der Waals surface area contributed by atoms with Gasteiger partial charge in [0.25, 0.3) is 0 Å². The van der Waals surface area contributed by atoms with Crippen LogP contribution >= 0.6 is 0 Å². The fraction of sp³-hybridized carbons (Fsp3) is 0.652. The number of likely N-dealkylation sites (tertiary alicyclic amines) is 1. The molecule has 3 aliphatic rings. The van der Waals surface area contributed by atoms with Gasteiger partial charge in [-0.2, -0.15) is 26.3 Å². The zero-order valence-electron chi connectivity index (χ0n) is 20.2. The molecule has 1 saturated carbocycles. The summed E-state index contributed by atoms with van der Waals surface area (Å²) >= 11 is 0. The molecule has 9 nitrogen and oxygen atoms in total. The third-order valence-electron chi connectivity index (χ3n) is 6.48. The average Bonchev–Trinajstić information content (AvgIpc) is 3.68. The number of carbonyl (C=O) groups is 3. The van der Waals surface area contributed by atoms with Gasteiger partial charge >= 0.3 is 24.3 Å². The molecule has 2 aliphatic heterocycles. The van der Waals surface area contributed by atoms with Gasteiger partial charge in [-0.15, -0.1) is 0 Å². The first-order valence-electron chi connectivity index (χ1n) is 11.7. The molecule has 0 aromatic carbocycles. The largest absolute Gasteiger partial charge is 0.490 e. The fourth-order valence-corrected chi connectivity index (χ4v) is 4.13. The summed E-state index contributed by atoms with van der Waals surface area (Å²) in [6.07, 6.45) is -2.84. The summed E-state index contributed by atoms with van der Waals surface area (Å²) in [7, 11) is 0. The minimum Gasteiger partial charge on any atom is -0.475 e. The molecule has 1 aromatic heterocycles. The van der Waals surface area contributed by atoms with Crippen molar-refractivity contribution in [1.29, 1.82) is 0 Å². The van der Waals surface area contributed by atoms with Gasteiger partial charge in [0.15, 0.2) is 0 Å². The van der Waals surface area contributed by atoms with E-state index < -0.39 is 24.3 Å². The zero-order valence-corrected chi connectivity index (χ0v) is 20.2. The van der Waals surface area contributed by atoms with Crippen molar-refractivity contribution in [3.8, 4) is 0 Å². The van der Waals surface area contributed by atoms with Crippen molar-refractivity contribution < 1.29 is 55.7 Å². The maximum atomic E-state index is 12.2. The van der Waals surface area contributed by atoms with Gasteiger partial charge in [-0.3, -0.25) is 14.7 Å². The monoisotopic (exact) mass is 557 g/mol. The van der Waals surface area contributed by atoms with Crippen LogP contribution in [0.4, 0.5) is 26.3 Å². The highest BCUT2D eigenvalue weighted by Gasteiger charge is 2.45. The number of rotatable bonds is 4. The predicted molar refractivity (Wildman–Crippen MR) is 119 cm³/mol. The molecule has 3 fully saturated rings. The lowest BCUT2D eigenvalue weighted by Crippen LogP contribution is -2.57. The van der Waals surface area contributed by atoms with E-state index in [2.05, 4.69) is 27.3 Å². The molecule has 1 aliphatic carbocycles. The number of alkyl halides is 6. The van der Waals surface area contributed by atoms with E-state index in [0.29, 0.717) is 6.61 Å². The maximum absolute atomic E-state index is 12.2. The number of nitrogens with zero attached hydrogens (tertiary/aromatic N) is 2. The van der Waals surface area contributed by atoms with Crippen LogP contribution in [0, 0.1) is 11.3 Å². The second kappa shape index (κ2) is 13.2. The first-order valence-corrected chi connectivity index (χ1v) is 11.7. The summed E-state index contributed by atoms with van der Waals surface area (Å²) in [4.78, 5) is 36.9. The predicted octanol–water partition coefficient (Wildman–Crippen LogP) is 3.25. The lowest BCUT2D eigenvalue weighted by molar-refractivity contribution is -0.193. The summed E-state index contributed by atoms with van der Waals surface area (Å²) in [6.45, 7) is 4.58. The quantitative estimate of drug-likeness (QED) is 0.482. The van der Waals surface area contributed by atoms with Crippen molar-refractivity contribution in [2.75, 3.05) is 26.3 Å². The lowest BCUT2D eigenvalue weighted by atomic mass is 9.69. The number of pyridine rings is 1. The molecular formula is C23H29F6N3O6. The van der Waals surface area contributed by atoms with Crippen molar-refractivity contribution >= 4 is 17.8 Å². The number of hydrogen-bond donors (Lipinski definition) is 3. The summed E-state index contributed by atoms with van der Waals surface area (Å²) < 4.78 is 69.2. The van der Waals surface area contributed by atoms with Crippen LogP contribution in [-0.4, -0.2) is 82.6 Å². The molecule has 0 bridgehead atoms. The molecule has 38 heavy (non-hydrogen) atoms. The second-order valence-corrected chi connectivity index (χ2v) is 9.23. The number of hydrogen-bond acceptors (Lipinski definition) is 6. The molecule has 3 heterocycles. The number of aliphatic carboxylic acids is 2. The Morgan fingerprint density at radius 3 is 2.00 bits per heavy atom. The molecule has 1 spiro atoms. The van der Waals surface area contributed by atoms with Crippen LogP contribution in [0.3, 0.4) is 0 Å². The number of carboxylic acids is 2. The molecule has 1 amide bonds. The second-order valence-electron chi connectivity index (χ2n) is 9.23. The van der Waals surface area contributed by atoms with Crippen molar-refractivity contribution in [2.45, 2.75) is 57.0 Å². The topological polar surface area (TPSA) is 129 Å². The number of ether oxygens (including phenoxy) is 1. The fourth-order valence-electron chi connectivity index (χ4n) is 4.13. The van der Waals surface area contributed by atoms with Crippen LogP contribution in [0.5, 0.6) is 0 Å². The Hall–Kier alpha value is -2.94. The van der Waals surface area contributed by atoms with Crippen LogP contribution in [-0.2, 0) is 25.7 Å². The molecule has 214 valence electrons. The van der Waals surface area contributed by atoms with Gasteiger partial charge in [-0.05, 0) is 62.7 Å². The number of aromatic nitrogens is 1. The van der Waals surface area contributed by atoms with E-state index in [0.717, 1.165) is 64.0 Å². The van der Waals surface area contributed by atoms with Crippen LogP contribution in [0.2, 0.25) is 0 Å². The number of nitrogens with one attached hydrogen (secondary N) is 1. The molecule has 4 rings (SSSR count). The summed E-state index contributed by atoms with van der Waals surface area (Å²) in [5.74, 6) is -4.99. The van der Waals surface area contributed by atoms with Gasteiger partial charge in [0.1, 0.15) is 0 Å². The van der Waals surface area contributed by atoms with Gasteiger partial charge in [-0.25, -0.2) is 9.59 Å². The van der Waals surface area contributed by atoms with E-state index in [1.165, 1.54) is 0 Å². The van der Waals surface area contributed by atoms with Crippen molar-refractivity contribution in [3.05, 3.63) is 30.1 Å². The number of amides is 1. The highest BCUT2D eigenvalue weighted by atomic mass is 19.4. The summed E-state index contributed by atoms with van der Waals surface area (Å²) in [5.41, 5.74) is 1.36. The minimum atomic E-state index is -5.08. The van der Waals surface area contributed by atoms with Gasteiger partial charge in [0.05, 0.1) is 18.3 Å². The molecule has 1 atom stereocenters. The van der Waals surface area contributed by atoms with E-state index in [1.807, 2.05) is 12.3 Å².